The fourth-order valence-electron chi connectivity index (χ4n) is 0.796. The Labute approximate surface area is 84.6 Å². The average Bonchev–Trinajstić information content (AvgIpc) is 2.12. The fourth-order valence-corrected chi connectivity index (χ4v) is 1.85. The van der Waals surface area contributed by atoms with Gasteiger partial charge in [0, 0.05) is 20.6 Å². The molecule has 6 nitrogen and oxygen atoms in total. The number of likely N-dealkylation sites (N-methyl/N-ethyl adjacent to an activating group) is 1. The highest BCUT2D eigenvalue weighted by molar-refractivity contribution is 7.86. The first-order valence-corrected chi connectivity index (χ1v) is 5.50. The minimum atomic E-state index is -3.53. The molecule has 0 atom stereocenters. The van der Waals surface area contributed by atoms with Crippen LogP contribution in [0, 0.1) is 0 Å². The monoisotopic (exact) mass is 224 g/mol. The highest BCUT2D eigenvalue weighted by Gasteiger charge is 2.25. The molecule has 0 unspecified atom stereocenters. The Bertz CT molecular complexity index is 286. The van der Waals surface area contributed by atoms with Gasteiger partial charge in [0.2, 0.25) is 0 Å². The molecule has 0 radical (unpaired) electrons. The van der Waals surface area contributed by atoms with Gasteiger partial charge in [-0.05, 0) is 0 Å². The van der Waals surface area contributed by atoms with Crippen molar-refractivity contribution >= 4 is 16.2 Å². The smallest absolute Gasteiger partial charge is 0.321 e. The van der Waals surface area contributed by atoms with Gasteiger partial charge in [-0.2, -0.15) is 17.0 Å². The maximum Gasteiger partial charge on any atom is 0.321 e. The summed E-state index contributed by atoms with van der Waals surface area (Å²) in [6, 6.07) is 0. The zero-order valence-corrected chi connectivity index (χ0v) is 9.67. The third-order valence-electron chi connectivity index (χ3n) is 1.67. The predicted molar refractivity (Wildman–Crippen MR) is 51.9 cm³/mol. The molecule has 0 aromatic rings. The van der Waals surface area contributed by atoms with Crippen LogP contribution < -0.4 is 0 Å². The van der Waals surface area contributed by atoms with Crippen molar-refractivity contribution in [2.75, 3.05) is 34.3 Å². The van der Waals surface area contributed by atoms with Crippen LogP contribution in [0.5, 0.6) is 0 Å². The Morgan fingerprint density at radius 2 is 1.86 bits per heavy atom. The molecular formula is C7H16N2O4S. The molecule has 0 aromatic carbocycles. The van der Waals surface area contributed by atoms with Gasteiger partial charge in [-0.1, -0.05) is 6.92 Å². The lowest BCUT2D eigenvalue weighted by molar-refractivity contribution is -0.140. The summed E-state index contributed by atoms with van der Waals surface area (Å²) in [5.74, 6) is -0.572. The quantitative estimate of drug-likeness (QED) is 0.578. The number of ether oxygens (including phenoxy) is 1. The van der Waals surface area contributed by atoms with E-state index in [1.807, 2.05) is 0 Å². The van der Waals surface area contributed by atoms with E-state index >= 15 is 0 Å². The lowest BCUT2D eigenvalue weighted by Gasteiger charge is -2.22. The van der Waals surface area contributed by atoms with Crippen LogP contribution in [0.25, 0.3) is 0 Å². The van der Waals surface area contributed by atoms with Crippen molar-refractivity contribution in [3.8, 4) is 0 Å². The first-order valence-electron chi connectivity index (χ1n) is 4.10. The van der Waals surface area contributed by atoms with Crippen LogP contribution in [-0.4, -0.2) is 57.3 Å². The van der Waals surface area contributed by atoms with Crippen LogP contribution in [-0.2, 0) is 19.7 Å². The van der Waals surface area contributed by atoms with E-state index in [0.29, 0.717) is 0 Å². The second-order valence-corrected chi connectivity index (χ2v) is 4.93. The largest absolute Gasteiger partial charge is 0.468 e. The molecule has 0 fully saturated rings. The van der Waals surface area contributed by atoms with Gasteiger partial charge in [0.1, 0.15) is 6.54 Å². The van der Waals surface area contributed by atoms with Crippen LogP contribution in [0.1, 0.15) is 6.92 Å². The molecular weight excluding hydrogens is 208 g/mol. The lowest BCUT2D eigenvalue weighted by Crippen LogP contribution is -2.42. The van der Waals surface area contributed by atoms with Gasteiger partial charge in [-0.3, -0.25) is 4.79 Å². The van der Waals surface area contributed by atoms with E-state index in [4.69, 9.17) is 0 Å². The SMILES string of the molecule is CCN(CC(=O)OC)S(=O)(=O)N(C)C. The molecule has 0 saturated heterocycles. The number of nitrogens with zero attached hydrogens (tertiary/aromatic N) is 2. The lowest BCUT2D eigenvalue weighted by atomic mass is 10.6. The molecule has 0 aliphatic carbocycles. The highest BCUT2D eigenvalue weighted by atomic mass is 32.2. The zero-order valence-electron chi connectivity index (χ0n) is 8.85. The van der Waals surface area contributed by atoms with Crippen molar-refractivity contribution in [2.24, 2.45) is 0 Å². The van der Waals surface area contributed by atoms with Gasteiger partial charge < -0.3 is 4.74 Å². The Balaban J connectivity index is 4.66. The van der Waals surface area contributed by atoms with Crippen molar-refractivity contribution in [1.82, 2.24) is 8.61 Å². The highest BCUT2D eigenvalue weighted by Crippen LogP contribution is 2.03. The van der Waals surface area contributed by atoms with Crippen molar-refractivity contribution < 1.29 is 17.9 Å². The number of rotatable bonds is 5. The van der Waals surface area contributed by atoms with Crippen molar-refractivity contribution in [2.45, 2.75) is 6.92 Å². The first kappa shape index (κ1) is 13.3. The summed E-state index contributed by atoms with van der Waals surface area (Å²) in [7, 11) is 0.516. The zero-order chi connectivity index (χ0) is 11.4. The van der Waals surface area contributed by atoms with E-state index in [1.54, 1.807) is 6.92 Å². The Kier molecular flexibility index (Phi) is 5.03. The van der Waals surface area contributed by atoms with E-state index in [2.05, 4.69) is 4.74 Å². The Morgan fingerprint density at radius 3 is 2.14 bits per heavy atom. The molecule has 84 valence electrons. The standard InChI is InChI=1S/C7H16N2O4S/c1-5-9(6-7(10)13-4)14(11,12)8(2)3/h5-6H2,1-4H3. The molecule has 14 heavy (non-hydrogen) atoms. The van der Waals surface area contributed by atoms with Crippen LogP contribution in [0.3, 0.4) is 0 Å². The molecule has 7 heteroatoms. The molecule has 0 amide bonds. The minimum Gasteiger partial charge on any atom is -0.468 e. The number of carbonyl (C=O) groups excluding carboxylic acids is 1. The maximum absolute atomic E-state index is 11.6. The summed E-state index contributed by atoms with van der Waals surface area (Å²) >= 11 is 0. The third-order valence-corrected chi connectivity index (χ3v) is 3.64. The Morgan fingerprint density at radius 1 is 1.36 bits per heavy atom. The summed E-state index contributed by atoms with van der Waals surface area (Å²) in [6.07, 6.45) is 0. The number of methoxy groups -OCH3 is 1. The average molecular weight is 224 g/mol. The van der Waals surface area contributed by atoms with Crippen molar-refractivity contribution in [3.05, 3.63) is 0 Å². The number of hydrogen-bond donors (Lipinski definition) is 0. The maximum atomic E-state index is 11.6. The molecule has 0 aliphatic rings. The second kappa shape index (κ2) is 5.28. The van der Waals surface area contributed by atoms with Gasteiger partial charge >= 0.3 is 5.97 Å². The molecule has 0 saturated carbocycles. The fraction of sp³-hybridized carbons (Fsp3) is 0.857. The van der Waals surface area contributed by atoms with Crippen LogP contribution >= 0.6 is 0 Å². The van der Waals surface area contributed by atoms with E-state index in [0.717, 1.165) is 8.61 Å². The van der Waals surface area contributed by atoms with E-state index < -0.39 is 16.2 Å². The van der Waals surface area contributed by atoms with Gasteiger partial charge in [0.15, 0.2) is 0 Å². The molecule has 0 N–H and O–H groups in total. The summed E-state index contributed by atoms with van der Waals surface area (Å²) in [5.41, 5.74) is 0. The van der Waals surface area contributed by atoms with Gasteiger partial charge in [-0.25, -0.2) is 0 Å². The van der Waals surface area contributed by atoms with Gasteiger partial charge in [-0.15, -0.1) is 0 Å². The topological polar surface area (TPSA) is 66.9 Å². The number of esters is 1. The third kappa shape index (κ3) is 3.24. The minimum absolute atomic E-state index is 0.232. The van der Waals surface area contributed by atoms with Crippen LogP contribution in [0.15, 0.2) is 0 Å². The number of carbonyl (C=O) groups is 1. The number of hydrogen-bond acceptors (Lipinski definition) is 4. The molecule has 0 rings (SSSR count). The van der Waals surface area contributed by atoms with Crippen LogP contribution in [0.4, 0.5) is 0 Å². The second-order valence-electron chi connectivity index (χ2n) is 2.79. The van der Waals surface area contributed by atoms with E-state index in [-0.39, 0.29) is 13.1 Å². The summed E-state index contributed by atoms with van der Waals surface area (Å²) in [5, 5.41) is 0. The Hall–Kier alpha value is -0.660. The molecule has 0 aliphatic heterocycles. The van der Waals surface area contributed by atoms with Crippen molar-refractivity contribution in [1.29, 1.82) is 0 Å². The van der Waals surface area contributed by atoms with Gasteiger partial charge in [0.25, 0.3) is 10.2 Å². The molecule has 0 bridgehead atoms. The van der Waals surface area contributed by atoms with Gasteiger partial charge in [0.05, 0.1) is 7.11 Å². The normalized spacial score (nSPS) is 12.1. The first-order chi connectivity index (χ1) is 6.36. The van der Waals surface area contributed by atoms with Crippen molar-refractivity contribution in [3.63, 3.8) is 0 Å². The summed E-state index contributed by atoms with van der Waals surface area (Å²) < 4.78 is 29.6. The van der Waals surface area contributed by atoms with Crippen LogP contribution in [0.2, 0.25) is 0 Å². The van der Waals surface area contributed by atoms with E-state index in [9.17, 15) is 13.2 Å². The summed E-state index contributed by atoms with van der Waals surface area (Å²) in [4.78, 5) is 10.9. The summed E-state index contributed by atoms with van der Waals surface area (Å²) in [6.45, 7) is 1.63. The predicted octanol–water partition coefficient (Wildman–Crippen LogP) is -0.712. The molecule has 0 heterocycles. The molecule has 0 spiro atoms. The van der Waals surface area contributed by atoms with E-state index in [1.165, 1.54) is 21.2 Å². The molecule has 0 aromatic heterocycles.